The second-order valence-electron chi connectivity index (χ2n) is 6.35. The van der Waals surface area contributed by atoms with Crippen molar-refractivity contribution in [2.75, 3.05) is 19.8 Å². The van der Waals surface area contributed by atoms with Crippen molar-refractivity contribution in [2.45, 2.75) is 58.2 Å². The molecule has 0 aromatic heterocycles. The fourth-order valence-electron chi connectivity index (χ4n) is 2.32. The smallest absolute Gasteiger partial charge is 0.462 e. The highest BCUT2D eigenvalue weighted by atomic mass is 31.3. The summed E-state index contributed by atoms with van der Waals surface area (Å²) in [5, 5.41) is 10.3. The Morgan fingerprint density at radius 2 is 1.79 bits per heavy atom. The van der Waals surface area contributed by atoms with E-state index in [9.17, 15) is 23.9 Å². The first kappa shape index (κ1) is 28.4. The minimum absolute atomic E-state index is 0.0589. The third-order valence-corrected chi connectivity index (χ3v) is 6.10. The van der Waals surface area contributed by atoms with Crippen LogP contribution in [0.4, 0.5) is 0 Å². The summed E-state index contributed by atoms with van der Waals surface area (Å²) in [7, 11) is -10.4. The molecule has 4 N–H and O–H groups in total. The lowest BCUT2D eigenvalue weighted by molar-refractivity contribution is -0.140. The quantitative estimate of drug-likeness (QED) is 0.142. The molecule has 0 amide bonds. The Morgan fingerprint density at radius 1 is 1.14 bits per heavy atom. The van der Waals surface area contributed by atoms with Crippen LogP contribution in [0.25, 0.3) is 0 Å². The third-order valence-electron chi connectivity index (χ3n) is 3.95. The Bertz CT molecular complexity index is 577. The normalized spacial score (nSPS) is 17.2. The van der Waals surface area contributed by atoms with Crippen LogP contribution in [0.5, 0.6) is 0 Å². The maximum atomic E-state index is 11.5. The first-order valence-electron chi connectivity index (χ1n) is 9.27. The van der Waals surface area contributed by atoms with Gasteiger partial charge in [0, 0.05) is 19.1 Å². The van der Waals surface area contributed by atoms with Crippen molar-refractivity contribution >= 4 is 21.6 Å². The highest BCUT2D eigenvalue weighted by molar-refractivity contribution is 7.60. The number of esters is 1. The molecule has 172 valence electrons. The number of carbonyl (C=O) groups is 1. The number of hydrogen-bond donors (Lipinski definition) is 4. The molecule has 0 saturated carbocycles. The van der Waals surface area contributed by atoms with Crippen LogP contribution in [0, 0.1) is 5.92 Å². The Morgan fingerprint density at radius 3 is 2.31 bits per heavy atom. The predicted molar refractivity (Wildman–Crippen MR) is 104 cm³/mol. The Hall–Kier alpha value is -0.610. The first-order chi connectivity index (χ1) is 13.4. The minimum atomic E-state index is -5.26. The molecule has 4 unspecified atom stereocenters. The lowest BCUT2D eigenvalue weighted by Gasteiger charge is -2.26. The van der Waals surface area contributed by atoms with Gasteiger partial charge in [0.25, 0.3) is 0 Å². The van der Waals surface area contributed by atoms with Crippen LogP contribution in [0.3, 0.4) is 0 Å². The average molecular weight is 462 g/mol. The van der Waals surface area contributed by atoms with E-state index in [4.69, 9.17) is 19.3 Å². The van der Waals surface area contributed by atoms with E-state index in [1.807, 2.05) is 6.92 Å². The van der Waals surface area contributed by atoms with Gasteiger partial charge in [0.1, 0.15) is 6.10 Å². The van der Waals surface area contributed by atoms with E-state index in [-0.39, 0.29) is 18.9 Å². The lowest BCUT2D eigenvalue weighted by Crippen LogP contribution is -2.35. The molecule has 0 aromatic rings. The van der Waals surface area contributed by atoms with Gasteiger partial charge in [0.05, 0.1) is 19.3 Å². The van der Waals surface area contributed by atoms with Crippen molar-refractivity contribution in [2.24, 2.45) is 5.92 Å². The molecule has 0 bridgehead atoms. The number of unbranched alkanes of at least 4 members (excludes halogenated alkanes) is 1. The zero-order valence-electron chi connectivity index (χ0n) is 16.7. The van der Waals surface area contributed by atoms with Gasteiger partial charge in [-0.2, -0.15) is 4.31 Å². The molecular weight excluding hydrogens is 430 g/mol. The van der Waals surface area contributed by atoms with Crippen molar-refractivity contribution in [1.29, 1.82) is 0 Å². The van der Waals surface area contributed by atoms with Gasteiger partial charge in [-0.1, -0.05) is 39.7 Å². The van der Waals surface area contributed by atoms with E-state index in [1.165, 1.54) is 0 Å². The summed E-state index contributed by atoms with van der Waals surface area (Å²) in [6.07, 6.45) is 2.51. The number of rotatable bonds is 17. The summed E-state index contributed by atoms with van der Waals surface area (Å²) in [6, 6.07) is 0. The lowest BCUT2D eigenvalue weighted by atomic mass is 10.0. The molecule has 0 aliphatic rings. The van der Waals surface area contributed by atoms with E-state index in [0.29, 0.717) is 6.61 Å². The molecular formula is C16H32O11P2. The van der Waals surface area contributed by atoms with Crippen LogP contribution in [-0.2, 0) is 32.2 Å². The zero-order valence-corrected chi connectivity index (χ0v) is 18.5. The number of phosphoric ester groups is 1. The Labute approximate surface area is 170 Å². The summed E-state index contributed by atoms with van der Waals surface area (Å²) in [5.41, 5.74) is 0. The van der Waals surface area contributed by atoms with Crippen molar-refractivity contribution in [3.63, 3.8) is 0 Å². The van der Waals surface area contributed by atoms with Gasteiger partial charge >= 0.3 is 21.6 Å². The molecule has 0 aliphatic carbocycles. The summed E-state index contributed by atoms with van der Waals surface area (Å²) in [6.45, 7) is 6.75. The van der Waals surface area contributed by atoms with Crippen LogP contribution in [-0.4, -0.2) is 57.8 Å². The van der Waals surface area contributed by atoms with Gasteiger partial charge in [-0.25, -0.2) is 13.9 Å². The standard InChI is InChI=1S/C16H32O11P2/c1-4-7-8-13(5-2)11-25-15(9-10-24-16(18)6-3)14(17)12-26-29(22,23)27-28(19,20)21/h6,13-15,17H,3-5,7-12H2,1-2H3,(H,22,23)(H2,19,20,21). The molecule has 0 spiro atoms. The van der Waals surface area contributed by atoms with E-state index in [0.717, 1.165) is 31.8 Å². The Balaban J connectivity index is 4.86. The molecule has 0 aromatic carbocycles. The van der Waals surface area contributed by atoms with E-state index in [1.54, 1.807) is 0 Å². The molecule has 0 heterocycles. The molecule has 4 atom stereocenters. The number of aliphatic hydroxyl groups excluding tert-OH is 1. The average Bonchev–Trinajstić information content (AvgIpc) is 2.62. The number of phosphoric acid groups is 2. The predicted octanol–water partition coefficient (Wildman–Crippen LogP) is 2.29. The Kier molecular flexibility index (Phi) is 14.1. The molecule has 29 heavy (non-hydrogen) atoms. The topological polar surface area (TPSA) is 169 Å². The summed E-state index contributed by atoms with van der Waals surface area (Å²) in [4.78, 5) is 37.6. The maximum absolute atomic E-state index is 11.5. The van der Waals surface area contributed by atoms with Crippen molar-refractivity contribution < 1.29 is 52.0 Å². The van der Waals surface area contributed by atoms with E-state index < -0.39 is 40.4 Å². The number of aliphatic hydroxyl groups is 1. The van der Waals surface area contributed by atoms with Gasteiger partial charge in [-0.15, -0.1) is 0 Å². The van der Waals surface area contributed by atoms with Crippen LogP contribution in [0.2, 0.25) is 0 Å². The SMILES string of the molecule is C=CC(=O)OCCC(OCC(CC)CCCC)C(O)COP(=O)(O)OP(=O)(O)O. The molecule has 13 heteroatoms. The summed E-state index contributed by atoms with van der Waals surface area (Å²) < 4.78 is 40.9. The van der Waals surface area contributed by atoms with Crippen molar-refractivity contribution in [3.05, 3.63) is 12.7 Å². The first-order valence-corrected chi connectivity index (χ1v) is 12.3. The van der Waals surface area contributed by atoms with Crippen LogP contribution in [0.1, 0.15) is 46.0 Å². The fourth-order valence-corrected chi connectivity index (χ4v) is 3.92. The van der Waals surface area contributed by atoms with Gasteiger partial charge in [-0.3, -0.25) is 4.52 Å². The molecule has 11 nitrogen and oxygen atoms in total. The summed E-state index contributed by atoms with van der Waals surface area (Å²) >= 11 is 0. The second kappa shape index (κ2) is 14.4. The zero-order chi connectivity index (χ0) is 22.5. The number of hydrogen-bond acceptors (Lipinski definition) is 8. The maximum Gasteiger partial charge on any atom is 0.481 e. The highest BCUT2D eigenvalue weighted by Crippen LogP contribution is 2.57. The number of ether oxygens (including phenoxy) is 2. The van der Waals surface area contributed by atoms with Crippen molar-refractivity contribution in [3.8, 4) is 0 Å². The van der Waals surface area contributed by atoms with Gasteiger partial charge in [-0.05, 0) is 12.3 Å². The fraction of sp³-hybridized carbons (Fsp3) is 0.812. The molecule has 0 fully saturated rings. The van der Waals surface area contributed by atoms with Crippen LogP contribution in [0.15, 0.2) is 12.7 Å². The number of carbonyl (C=O) groups excluding carboxylic acids is 1. The van der Waals surface area contributed by atoms with Gasteiger partial charge in [0.2, 0.25) is 0 Å². The largest absolute Gasteiger partial charge is 0.481 e. The second-order valence-corrected chi connectivity index (χ2v) is 9.18. The third kappa shape index (κ3) is 14.9. The molecule has 0 saturated heterocycles. The molecule has 0 aliphatic heterocycles. The van der Waals surface area contributed by atoms with Crippen LogP contribution >= 0.6 is 15.6 Å². The van der Waals surface area contributed by atoms with E-state index >= 15 is 0 Å². The molecule has 0 radical (unpaired) electrons. The minimum Gasteiger partial charge on any atom is -0.462 e. The molecule has 0 rings (SSSR count). The van der Waals surface area contributed by atoms with Crippen molar-refractivity contribution in [1.82, 2.24) is 0 Å². The van der Waals surface area contributed by atoms with Gasteiger partial charge in [0.15, 0.2) is 0 Å². The summed E-state index contributed by atoms with van der Waals surface area (Å²) in [5.74, 6) is -0.415. The van der Waals surface area contributed by atoms with E-state index in [2.05, 4.69) is 22.3 Å². The van der Waals surface area contributed by atoms with Crippen LogP contribution < -0.4 is 0 Å². The highest BCUT2D eigenvalue weighted by Gasteiger charge is 2.34. The van der Waals surface area contributed by atoms with Gasteiger partial charge < -0.3 is 29.3 Å². The monoisotopic (exact) mass is 462 g/mol.